The minimum atomic E-state index is 0.234. The summed E-state index contributed by atoms with van der Waals surface area (Å²) in [5.41, 5.74) is 2.70. The lowest BCUT2D eigenvalue weighted by atomic mass is 10.1. The number of unbranched alkanes of at least 4 members (excludes halogenated alkanes) is 1. The largest absolute Gasteiger partial charge is 0.378 e. The summed E-state index contributed by atoms with van der Waals surface area (Å²) in [6.45, 7) is 4.23. The molecule has 2 atom stereocenters. The van der Waals surface area contributed by atoms with Gasteiger partial charge in [0.2, 0.25) is 5.91 Å². The first-order valence-electron chi connectivity index (χ1n) is 11.7. The van der Waals surface area contributed by atoms with Crippen LogP contribution in [-0.4, -0.2) is 62.1 Å². The third-order valence-corrected chi connectivity index (χ3v) is 9.25. The Hall–Kier alpha value is -0.850. The Balaban J connectivity index is 1.28. The van der Waals surface area contributed by atoms with Crippen molar-refractivity contribution in [3.63, 3.8) is 0 Å². The topological polar surface area (TPSA) is 35.6 Å². The van der Waals surface area contributed by atoms with E-state index in [1.165, 1.54) is 62.2 Å². The average Bonchev–Trinajstić information content (AvgIpc) is 2.78. The smallest absolute Gasteiger partial charge is 0.220 e. The van der Waals surface area contributed by atoms with Gasteiger partial charge in [0.05, 0.1) is 4.58 Å². The van der Waals surface area contributed by atoms with E-state index in [2.05, 4.69) is 77.0 Å². The molecule has 2 aliphatic rings. The van der Waals surface area contributed by atoms with Crippen molar-refractivity contribution in [2.24, 2.45) is 0 Å². The summed E-state index contributed by atoms with van der Waals surface area (Å²) in [7, 11) is 4.17. The van der Waals surface area contributed by atoms with Crippen LogP contribution in [0.25, 0.3) is 0 Å². The zero-order valence-electron chi connectivity index (χ0n) is 18.8. The first kappa shape index (κ1) is 23.8. The Morgan fingerprint density at radius 1 is 1.13 bits per heavy atom. The van der Waals surface area contributed by atoms with Crippen LogP contribution >= 0.6 is 23.5 Å². The molecule has 2 saturated heterocycles. The Morgan fingerprint density at radius 3 is 2.63 bits per heavy atom. The molecule has 0 radical (unpaired) electrons. The second-order valence-electron chi connectivity index (χ2n) is 8.73. The van der Waals surface area contributed by atoms with Crippen LogP contribution in [0.15, 0.2) is 24.3 Å². The molecule has 2 aliphatic heterocycles. The Morgan fingerprint density at radius 2 is 1.90 bits per heavy atom. The van der Waals surface area contributed by atoms with Gasteiger partial charge >= 0.3 is 0 Å². The quantitative estimate of drug-likeness (QED) is 0.500. The van der Waals surface area contributed by atoms with E-state index >= 15 is 0 Å². The number of thioether (sulfide) groups is 2. The van der Waals surface area contributed by atoms with E-state index in [4.69, 9.17) is 0 Å². The van der Waals surface area contributed by atoms with Gasteiger partial charge in [0.15, 0.2) is 0 Å². The van der Waals surface area contributed by atoms with Crippen molar-refractivity contribution in [1.29, 1.82) is 0 Å². The fourth-order valence-electron chi connectivity index (χ4n) is 4.19. The lowest BCUT2D eigenvalue weighted by molar-refractivity contribution is -0.121. The minimum absolute atomic E-state index is 0.234. The number of carbonyl (C=O) groups is 1. The molecule has 0 aromatic heterocycles. The number of hydrogen-bond acceptors (Lipinski definition) is 5. The Kier molecular flexibility index (Phi) is 10.2. The average molecular weight is 450 g/mol. The van der Waals surface area contributed by atoms with Crippen molar-refractivity contribution in [3.8, 4) is 0 Å². The second kappa shape index (κ2) is 12.9. The molecule has 0 spiro atoms. The normalized spacial score (nSPS) is 22.6. The summed E-state index contributed by atoms with van der Waals surface area (Å²) < 4.78 is 0.554. The van der Waals surface area contributed by atoms with Crippen molar-refractivity contribution in [1.82, 2.24) is 10.2 Å². The Bertz CT molecular complexity index is 632. The van der Waals surface area contributed by atoms with Crippen LogP contribution in [0.2, 0.25) is 0 Å². The second-order valence-corrected chi connectivity index (χ2v) is 11.7. The van der Waals surface area contributed by atoms with Gasteiger partial charge in [0, 0.05) is 44.5 Å². The van der Waals surface area contributed by atoms with E-state index in [1.807, 2.05) is 0 Å². The van der Waals surface area contributed by atoms with Gasteiger partial charge in [-0.15, -0.1) is 23.5 Å². The molecule has 1 N–H and O–H groups in total. The maximum Gasteiger partial charge on any atom is 0.220 e. The lowest BCUT2D eigenvalue weighted by Gasteiger charge is -2.29. The highest BCUT2D eigenvalue weighted by atomic mass is 32.2. The van der Waals surface area contributed by atoms with Gasteiger partial charge in [-0.05, 0) is 68.6 Å². The summed E-state index contributed by atoms with van der Waals surface area (Å²) in [5, 5.41) is 3.85. The number of piperidine rings is 1. The number of likely N-dealkylation sites (tertiary alicyclic amines) is 1. The summed E-state index contributed by atoms with van der Waals surface area (Å²) in [4.78, 5) is 16.7. The van der Waals surface area contributed by atoms with Crippen molar-refractivity contribution >= 4 is 35.1 Å². The molecule has 4 nitrogen and oxygen atoms in total. The van der Waals surface area contributed by atoms with Crippen LogP contribution in [0.5, 0.6) is 0 Å². The fourth-order valence-corrected chi connectivity index (χ4v) is 7.62. The van der Waals surface area contributed by atoms with Crippen LogP contribution < -0.4 is 10.2 Å². The third kappa shape index (κ3) is 8.01. The molecule has 2 fully saturated rings. The van der Waals surface area contributed by atoms with E-state index < -0.39 is 0 Å². The van der Waals surface area contributed by atoms with Crippen LogP contribution in [0.4, 0.5) is 5.69 Å². The zero-order chi connectivity index (χ0) is 21.2. The molecule has 2 unspecified atom stereocenters. The molecule has 0 bridgehead atoms. The van der Waals surface area contributed by atoms with E-state index in [-0.39, 0.29) is 5.91 Å². The first-order valence-corrected chi connectivity index (χ1v) is 13.6. The summed E-state index contributed by atoms with van der Waals surface area (Å²) in [6.07, 6.45) is 9.38. The summed E-state index contributed by atoms with van der Waals surface area (Å²) in [6, 6.07) is 9.03. The molecule has 1 aromatic rings. The van der Waals surface area contributed by atoms with Crippen molar-refractivity contribution in [3.05, 3.63) is 29.8 Å². The number of anilines is 1. The van der Waals surface area contributed by atoms with Crippen LogP contribution in [0, 0.1) is 0 Å². The molecule has 168 valence electrons. The highest BCUT2D eigenvalue weighted by molar-refractivity contribution is 8.17. The molecule has 3 rings (SSSR count). The predicted octanol–water partition coefficient (Wildman–Crippen LogP) is 5.15. The van der Waals surface area contributed by atoms with Gasteiger partial charge in [-0.2, -0.15) is 0 Å². The maximum atomic E-state index is 12.1. The van der Waals surface area contributed by atoms with Gasteiger partial charge in [0.1, 0.15) is 0 Å². The van der Waals surface area contributed by atoms with Crippen LogP contribution in [0.3, 0.4) is 0 Å². The van der Waals surface area contributed by atoms with Crippen LogP contribution in [0.1, 0.15) is 61.5 Å². The number of nitrogens with zero attached hydrogens (tertiary/aromatic N) is 2. The molecular weight excluding hydrogens is 410 g/mol. The number of rotatable bonds is 10. The van der Waals surface area contributed by atoms with E-state index in [1.54, 1.807) is 0 Å². The monoisotopic (exact) mass is 449 g/mol. The molecule has 30 heavy (non-hydrogen) atoms. The van der Waals surface area contributed by atoms with E-state index in [0.29, 0.717) is 11.0 Å². The molecule has 1 amide bonds. The van der Waals surface area contributed by atoms with Gasteiger partial charge in [0.25, 0.3) is 0 Å². The summed E-state index contributed by atoms with van der Waals surface area (Å²) >= 11 is 4.21. The number of amides is 1. The molecule has 0 saturated carbocycles. The van der Waals surface area contributed by atoms with Gasteiger partial charge in [-0.3, -0.25) is 4.79 Å². The van der Waals surface area contributed by atoms with Gasteiger partial charge in [-0.25, -0.2) is 0 Å². The number of benzene rings is 1. The molecule has 0 aliphatic carbocycles. The number of hydrogen-bond donors (Lipinski definition) is 1. The van der Waals surface area contributed by atoms with Crippen molar-refractivity contribution in [2.75, 3.05) is 50.9 Å². The lowest BCUT2D eigenvalue weighted by Crippen LogP contribution is -2.37. The number of carbonyl (C=O) groups excluding carboxylic acids is 1. The predicted molar refractivity (Wildman–Crippen MR) is 134 cm³/mol. The standard InChI is InChI=1S/C24H39N3OS2/c1-26(2)21-12-10-20(11-13-21)24-29-19-14-22(30-24)8-4-5-9-23(28)25-15-18-27-16-6-3-7-17-27/h10-13,22,24H,3-9,14-19H2,1-2H3,(H,25,28). The molecule has 6 heteroatoms. The maximum absolute atomic E-state index is 12.1. The highest BCUT2D eigenvalue weighted by Gasteiger charge is 2.24. The fraction of sp³-hybridized carbons (Fsp3) is 0.708. The zero-order valence-corrected chi connectivity index (χ0v) is 20.4. The van der Waals surface area contributed by atoms with E-state index in [9.17, 15) is 4.79 Å². The molecular formula is C24H39N3OS2. The van der Waals surface area contributed by atoms with Gasteiger partial charge < -0.3 is 15.1 Å². The van der Waals surface area contributed by atoms with Crippen LogP contribution in [-0.2, 0) is 4.79 Å². The highest BCUT2D eigenvalue weighted by Crippen LogP contribution is 2.48. The summed E-state index contributed by atoms with van der Waals surface area (Å²) in [5.74, 6) is 1.48. The third-order valence-electron chi connectivity index (χ3n) is 6.09. The Labute approximate surface area is 191 Å². The molecule has 2 heterocycles. The minimum Gasteiger partial charge on any atom is -0.378 e. The first-order chi connectivity index (χ1) is 14.6. The van der Waals surface area contributed by atoms with E-state index in [0.717, 1.165) is 31.2 Å². The van der Waals surface area contributed by atoms with Crippen molar-refractivity contribution in [2.45, 2.75) is 61.2 Å². The SMILES string of the molecule is CN(C)c1ccc(C2SCCC(CCCCC(=O)NCCN3CCCCC3)S2)cc1. The van der Waals surface area contributed by atoms with Crippen molar-refractivity contribution < 1.29 is 4.79 Å². The molecule has 1 aromatic carbocycles. The van der Waals surface area contributed by atoms with Gasteiger partial charge in [-0.1, -0.05) is 25.0 Å². The number of nitrogens with one attached hydrogen (secondary N) is 1.